The molecule has 5 heteroatoms. The molecule has 98 valence electrons. The van der Waals surface area contributed by atoms with Gasteiger partial charge in [-0.25, -0.2) is 0 Å². The Kier molecular flexibility index (Phi) is 6.40. The first-order valence-corrected chi connectivity index (χ1v) is 7.51. The number of hydrogen-bond donors (Lipinski definition) is 1. The molecule has 1 atom stereocenters. The second-order valence-electron chi connectivity index (χ2n) is 4.55. The second kappa shape index (κ2) is 7.58. The van der Waals surface area contributed by atoms with Gasteiger partial charge in [0.2, 0.25) is 5.91 Å². The van der Waals surface area contributed by atoms with Crippen LogP contribution in [0.3, 0.4) is 0 Å². The van der Waals surface area contributed by atoms with Gasteiger partial charge in [-0.05, 0) is 37.2 Å². The smallest absolute Gasteiger partial charge is 0.303 e. The molecular weight excluding hydrogens is 238 g/mol. The lowest BCUT2D eigenvalue weighted by Gasteiger charge is -2.32. The molecule has 0 unspecified atom stereocenters. The number of piperidine rings is 1. The zero-order valence-corrected chi connectivity index (χ0v) is 11.2. The zero-order chi connectivity index (χ0) is 12.7. The number of carbonyl (C=O) groups excluding carboxylic acids is 1. The molecule has 17 heavy (non-hydrogen) atoms. The molecule has 0 radical (unpaired) electrons. The van der Waals surface area contributed by atoms with Crippen LogP contribution in [0, 0.1) is 5.92 Å². The number of carbonyl (C=O) groups is 2. The summed E-state index contributed by atoms with van der Waals surface area (Å²) >= 11 is 1.83. The van der Waals surface area contributed by atoms with E-state index in [0.717, 1.165) is 25.3 Å². The Labute approximate surface area is 107 Å². The standard InChI is InChI=1S/C12H21NO3S/c1-17-9-10-4-3-7-13(8-10)11(14)5-2-6-12(15)16/h10H,2-9H2,1H3,(H,15,16)/t10-/m0/s1. The first-order chi connectivity index (χ1) is 8.13. The normalized spacial score (nSPS) is 20.3. The van der Waals surface area contributed by atoms with Crippen LogP contribution < -0.4 is 0 Å². The van der Waals surface area contributed by atoms with E-state index in [4.69, 9.17) is 5.11 Å². The Bertz CT molecular complexity index is 268. The largest absolute Gasteiger partial charge is 0.481 e. The summed E-state index contributed by atoms with van der Waals surface area (Å²) in [6.45, 7) is 1.70. The van der Waals surface area contributed by atoms with Gasteiger partial charge in [0.25, 0.3) is 0 Å². The summed E-state index contributed by atoms with van der Waals surface area (Å²) in [7, 11) is 0. The van der Waals surface area contributed by atoms with Gasteiger partial charge >= 0.3 is 5.97 Å². The molecule has 1 aliphatic rings. The maximum atomic E-state index is 11.9. The van der Waals surface area contributed by atoms with Crippen LogP contribution in [0.4, 0.5) is 0 Å². The summed E-state index contributed by atoms with van der Waals surface area (Å²) in [4.78, 5) is 24.1. The van der Waals surface area contributed by atoms with Crippen LogP contribution in [0.5, 0.6) is 0 Å². The molecule has 1 aliphatic heterocycles. The highest BCUT2D eigenvalue weighted by Crippen LogP contribution is 2.20. The molecule has 1 heterocycles. The van der Waals surface area contributed by atoms with Crippen molar-refractivity contribution in [3.8, 4) is 0 Å². The lowest BCUT2D eigenvalue weighted by Crippen LogP contribution is -2.40. The number of carboxylic acids is 1. The van der Waals surface area contributed by atoms with E-state index in [1.54, 1.807) is 0 Å². The van der Waals surface area contributed by atoms with Crippen molar-refractivity contribution < 1.29 is 14.7 Å². The monoisotopic (exact) mass is 259 g/mol. The van der Waals surface area contributed by atoms with Gasteiger partial charge < -0.3 is 10.0 Å². The fourth-order valence-corrected chi connectivity index (χ4v) is 2.96. The van der Waals surface area contributed by atoms with E-state index in [1.807, 2.05) is 16.7 Å². The van der Waals surface area contributed by atoms with Crippen LogP contribution in [0.25, 0.3) is 0 Å². The molecule has 4 nitrogen and oxygen atoms in total. The summed E-state index contributed by atoms with van der Waals surface area (Å²) in [6, 6.07) is 0. The van der Waals surface area contributed by atoms with Gasteiger partial charge in [0, 0.05) is 25.9 Å². The lowest BCUT2D eigenvalue weighted by molar-refractivity contribution is -0.137. The molecule has 1 saturated heterocycles. The molecule has 1 N–H and O–H groups in total. The molecule has 0 bridgehead atoms. The second-order valence-corrected chi connectivity index (χ2v) is 5.46. The molecule has 1 rings (SSSR count). The molecule has 1 amide bonds. The zero-order valence-electron chi connectivity index (χ0n) is 10.4. The highest BCUT2D eigenvalue weighted by atomic mass is 32.2. The predicted molar refractivity (Wildman–Crippen MR) is 69.2 cm³/mol. The Morgan fingerprint density at radius 1 is 1.41 bits per heavy atom. The van der Waals surface area contributed by atoms with Crippen LogP contribution in [0.2, 0.25) is 0 Å². The number of thioether (sulfide) groups is 1. The van der Waals surface area contributed by atoms with E-state index in [-0.39, 0.29) is 12.3 Å². The van der Waals surface area contributed by atoms with Crippen molar-refractivity contribution in [2.45, 2.75) is 32.1 Å². The average molecular weight is 259 g/mol. The van der Waals surface area contributed by atoms with Gasteiger partial charge in [-0.2, -0.15) is 11.8 Å². The molecular formula is C12H21NO3S. The van der Waals surface area contributed by atoms with Gasteiger partial charge in [-0.3, -0.25) is 9.59 Å². The third-order valence-electron chi connectivity index (χ3n) is 3.06. The van der Waals surface area contributed by atoms with Crippen molar-refractivity contribution in [3.05, 3.63) is 0 Å². The first-order valence-electron chi connectivity index (χ1n) is 6.12. The topological polar surface area (TPSA) is 57.6 Å². The number of hydrogen-bond acceptors (Lipinski definition) is 3. The summed E-state index contributed by atoms with van der Waals surface area (Å²) in [5, 5.41) is 8.52. The lowest BCUT2D eigenvalue weighted by atomic mass is 9.99. The van der Waals surface area contributed by atoms with Gasteiger partial charge in [0.05, 0.1) is 0 Å². The molecule has 0 aliphatic carbocycles. The molecule has 0 aromatic carbocycles. The van der Waals surface area contributed by atoms with Crippen LogP contribution >= 0.6 is 11.8 Å². The summed E-state index contributed by atoms with van der Waals surface area (Å²) in [5.41, 5.74) is 0. The Balaban J connectivity index is 2.28. The fraction of sp³-hybridized carbons (Fsp3) is 0.833. The minimum Gasteiger partial charge on any atom is -0.481 e. The molecule has 0 aromatic rings. The van der Waals surface area contributed by atoms with E-state index < -0.39 is 5.97 Å². The SMILES string of the molecule is CSC[C@H]1CCCN(C(=O)CCCC(=O)O)C1. The van der Waals surface area contributed by atoms with Gasteiger partial charge in [0.15, 0.2) is 0 Å². The number of carboxylic acid groups (broad SMARTS) is 1. The summed E-state index contributed by atoms with van der Waals surface area (Å²) < 4.78 is 0. The van der Waals surface area contributed by atoms with Crippen molar-refractivity contribution in [2.24, 2.45) is 5.92 Å². The van der Waals surface area contributed by atoms with E-state index in [0.29, 0.717) is 18.8 Å². The van der Waals surface area contributed by atoms with Crippen molar-refractivity contribution in [1.82, 2.24) is 4.90 Å². The average Bonchev–Trinajstić information content (AvgIpc) is 2.29. The predicted octanol–water partition coefficient (Wildman–Crippen LogP) is 1.84. The summed E-state index contributed by atoms with van der Waals surface area (Å²) in [5.74, 6) is 1.02. The number of rotatable bonds is 6. The quantitative estimate of drug-likeness (QED) is 0.791. The maximum absolute atomic E-state index is 11.9. The van der Waals surface area contributed by atoms with Crippen LogP contribution in [0.15, 0.2) is 0 Å². The number of likely N-dealkylation sites (tertiary alicyclic amines) is 1. The molecule has 0 spiro atoms. The number of aliphatic carboxylic acids is 1. The molecule has 0 aromatic heterocycles. The fourth-order valence-electron chi connectivity index (χ4n) is 2.21. The maximum Gasteiger partial charge on any atom is 0.303 e. The first kappa shape index (κ1) is 14.4. The van der Waals surface area contributed by atoms with Crippen molar-refractivity contribution in [3.63, 3.8) is 0 Å². The molecule has 0 saturated carbocycles. The Morgan fingerprint density at radius 3 is 2.82 bits per heavy atom. The van der Waals surface area contributed by atoms with Crippen molar-refractivity contribution in [2.75, 3.05) is 25.1 Å². The summed E-state index contributed by atoms with van der Waals surface area (Å²) in [6.07, 6.45) is 5.30. The Hall–Kier alpha value is -0.710. The van der Waals surface area contributed by atoms with Gasteiger partial charge in [-0.15, -0.1) is 0 Å². The third kappa shape index (κ3) is 5.44. The number of amides is 1. The number of nitrogens with zero attached hydrogens (tertiary/aromatic N) is 1. The van der Waals surface area contributed by atoms with Crippen LogP contribution in [0.1, 0.15) is 32.1 Å². The highest BCUT2D eigenvalue weighted by molar-refractivity contribution is 7.98. The van der Waals surface area contributed by atoms with Crippen LogP contribution in [-0.2, 0) is 9.59 Å². The highest BCUT2D eigenvalue weighted by Gasteiger charge is 2.22. The Morgan fingerprint density at radius 2 is 2.18 bits per heavy atom. The van der Waals surface area contributed by atoms with Crippen molar-refractivity contribution in [1.29, 1.82) is 0 Å². The minimum atomic E-state index is -0.822. The van der Waals surface area contributed by atoms with E-state index in [2.05, 4.69) is 6.26 Å². The van der Waals surface area contributed by atoms with Gasteiger partial charge in [-0.1, -0.05) is 0 Å². The third-order valence-corrected chi connectivity index (χ3v) is 3.86. The van der Waals surface area contributed by atoms with E-state index >= 15 is 0 Å². The van der Waals surface area contributed by atoms with E-state index in [1.165, 1.54) is 6.42 Å². The van der Waals surface area contributed by atoms with Gasteiger partial charge in [0.1, 0.15) is 0 Å². The molecule has 1 fully saturated rings. The van der Waals surface area contributed by atoms with E-state index in [9.17, 15) is 9.59 Å². The van der Waals surface area contributed by atoms with Crippen molar-refractivity contribution >= 4 is 23.6 Å². The van der Waals surface area contributed by atoms with Crippen LogP contribution in [-0.4, -0.2) is 47.0 Å². The minimum absolute atomic E-state index is 0.0911.